The van der Waals surface area contributed by atoms with Gasteiger partial charge >= 0.3 is 0 Å². The predicted octanol–water partition coefficient (Wildman–Crippen LogP) is 3.56. The van der Waals surface area contributed by atoms with Crippen molar-refractivity contribution in [2.75, 3.05) is 26.7 Å². The Balaban J connectivity index is 0.00000338. The van der Waals surface area contributed by atoms with Crippen LogP contribution in [0.2, 0.25) is 0 Å². The molecule has 1 saturated heterocycles. The summed E-state index contributed by atoms with van der Waals surface area (Å²) in [6.45, 7) is 11.5. The smallest absolute Gasteiger partial charge is 0.190 e. The molecule has 1 aliphatic heterocycles. The number of aryl methyl sites for hydroxylation is 1. The van der Waals surface area contributed by atoms with E-state index in [1.807, 2.05) is 19.4 Å². The number of pyridine rings is 1. The Morgan fingerprint density at radius 1 is 1.35 bits per heavy atom. The molecule has 1 aromatic heterocycles. The van der Waals surface area contributed by atoms with Gasteiger partial charge in [0, 0.05) is 45.1 Å². The fourth-order valence-electron chi connectivity index (χ4n) is 3.56. The minimum Gasteiger partial charge on any atom is -0.377 e. The molecule has 1 aliphatic rings. The highest BCUT2D eigenvalue weighted by Crippen LogP contribution is 2.33. The quantitative estimate of drug-likeness (QED) is 0.390. The van der Waals surface area contributed by atoms with Gasteiger partial charge in [0.2, 0.25) is 0 Å². The summed E-state index contributed by atoms with van der Waals surface area (Å²) >= 11 is 0. The molecular weight excluding hydrogens is 439 g/mol. The zero-order chi connectivity index (χ0) is 18.3. The Labute approximate surface area is 175 Å². The fraction of sp³-hybridized carbons (Fsp3) is 0.700. The zero-order valence-electron chi connectivity index (χ0n) is 16.8. The number of halogens is 1. The Kier molecular flexibility index (Phi) is 9.85. The number of nitrogens with zero attached hydrogens (tertiary/aromatic N) is 2. The molecule has 0 radical (unpaired) electrons. The lowest BCUT2D eigenvalue weighted by Gasteiger charge is -2.40. The first-order valence-electron chi connectivity index (χ1n) is 9.37. The van der Waals surface area contributed by atoms with Gasteiger partial charge in [-0.05, 0) is 48.8 Å². The van der Waals surface area contributed by atoms with E-state index < -0.39 is 0 Å². The van der Waals surface area contributed by atoms with Crippen molar-refractivity contribution in [1.82, 2.24) is 15.6 Å². The molecule has 0 bridgehead atoms. The molecule has 2 unspecified atom stereocenters. The van der Waals surface area contributed by atoms with Crippen LogP contribution in [0.1, 0.15) is 44.7 Å². The molecule has 0 aliphatic carbocycles. The van der Waals surface area contributed by atoms with Crippen molar-refractivity contribution in [2.24, 2.45) is 16.3 Å². The lowest BCUT2D eigenvalue weighted by atomic mass is 9.78. The SMILES string of the molecule is CN=C(NCCc1ccncc1C)NCC1CCCOC1C(C)(C)C.I. The molecule has 0 amide bonds. The first-order valence-corrected chi connectivity index (χ1v) is 9.37. The molecule has 5 nitrogen and oxygen atoms in total. The van der Waals surface area contributed by atoms with Crippen LogP contribution in [0.3, 0.4) is 0 Å². The highest BCUT2D eigenvalue weighted by molar-refractivity contribution is 14.0. The first kappa shape index (κ1) is 23.1. The predicted molar refractivity (Wildman–Crippen MR) is 119 cm³/mol. The zero-order valence-corrected chi connectivity index (χ0v) is 19.2. The number of aromatic nitrogens is 1. The van der Waals surface area contributed by atoms with Crippen LogP contribution in [-0.4, -0.2) is 43.8 Å². The summed E-state index contributed by atoms with van der Waals surface area (Å²) in [7, 11) is 1.83. The molecule has 1 aromatic rings. The molecular formula is C20H35IN4O. The molecule has 6 heteroatoms. The van der Waals surface area contributed by atoms with Crippen LogP contribution in [0.5, 0.6) is 0 Å². The monoisotopic (exact) mass is 474 g/mol. The molecule has 2 atom stereocenters. The van der Waals surface area contributed by atoms with Gasteiger partial charge in [0.05, 0.1) is 6.10 Å². The molecule has 1 fully saturated rings. The molecule has 0 aromatic carbocycles. The fourth-order valence-corrected chi connectivity index (χ4v) is 3.56. The first-order chi connectivity index (χ1) is 11.9. The van der Waals surface area contributed by atoms with Crippen molar-refractivity contribution < 1.29 is 4.74 Å². The van der Waals surface area contributed by atoms with Gasteiger partial charge in [0.25, 0.3) is 0 Å². The summed E-state index contributed by atoms with van der Waals surface area (Å²) in [5.74, 6) is 1.39. The second kappa shape index (κ2) is 11.1. The van der Waals surface area contributed by atoms with Crippen LogP contribution in [-0.2, 0) is 11.2 Å². The van der Waals surface area contributed by atoms with E-state index in [1.165, 1.54) is 17.5 Å². The molecule has 26 heavy (non-hydrogen) atoms. The number of guanidine groups is 1. The number of rotatable bonds is 5. The van der Waals surface area contributed by atoms with Gasteiger partial charge in [-0.2, -0.15) is 0 Å². The lowest BCUT2D eigenvalue weighted by molar-refractivity contribution is -0.0835. The maximum Gasteiger partial charge on any atom is 0.190 e. The Bertz CT molecular complexity index is 571. The summed E-state index contributed by atoms with van der Waals surface area (Å²) in [6, 6.07) is 2.08. The highest BCUT2D eigenvalue weighted by Gasteiger charge is 2.35. The van der Waals surface area contributed by atoms with E-state index >= 15 is 0 Å². The standard InChI is InChI=1S/C20H34N4O.HI/c1-15-13-22-10-8-16(15)9-11-23-19(21-5)24-14-17-7-6-12-25-18(17)20(2,3)4;/h8,10,13,17-18H,6-7,9,11-12,14H2,1-5H3,(H2,21,23,24);1H. The summed E-state index contributed by atoms with van der Waals surface area (Å²) in [5.41, 5.74) is 2.73. The molecule has 0 spiro atoms. The van der Waals surface area contributed by atoms with Gasteiger partial charge in [0.15, 0.2) is 5.96 Å². The highest BCUT2D eigenvalue weighted by atomic mass is 127. The van der Waals surface area contributed by atoms with E-state index in [1.54, 1.807) is 0 Å². The van der Waals surface area contributed by atoms with Crippen LogP contribution in [0.25, 0.3) is 0 Å². The van der Waals surface area contributed by atoms with Crippen molar-refractivity contribution >= 4 is 29.9 Å². The van der Waals surface area contributed by atoms with Crippen molar-refractivity contribution in [1.29, 1.82) is 0 Å². The van der Waals surface area contributed by atoms with Crippen LogP contribution in [0, 0.1) is 18.3 Å². The largest absolute Gasteiger partial charge is 0.377 e. The molecule has 2 N–H and O–H groups in total. The second-order valence-electron chi connectivity index (χ2n) is 7.99. The van der Waals surface area contributed by atoms with Gasteiger partial charge < -0.3 is 15.4 Å². The molecule has 2 heterocycles. The van der Waals surface area contributed by atoms with Crippen molar-refractivity contribution in [3.63, 3.8) is 0 Å². The number of nitrogens with one attached hydrogen (secondary N) is 2. The van der Waals surface area contributed by atoms with E-state index in [4.69, 9.17) is 4.74 Å². The third kappa shape index (κ3) is 7.02. The Morgan fingerprint density at radius 3 is 2.77 bits per heavy atom. The average molecular weight is 474 g/mol. The summed E-state index contributed by atoms with van der Waals surface area (Å²) in [4.78, 5) is 8.50. The van der Waals surface area contributed by atoms with E-state index in [-0.39, 0.29) is 29.4 Å². The van der Waals surface area contributed by atoms with E-state index in [2.05, 4.69) is 54.4 Å². The average Bonchev–Trinajstić information content (AvgIpc) is 2.59. The maximum absolute atomic E-state index is 6.07. The van der Waals surface area contributed by atoms with Gasteiger partial charge in [0.1, 0.15) is 0 Å². The van der Waals surface area contributed by atoms with E-state index in [9.17, 15) is 0 Å². The van der Waals surface area contributed by atoms with Gasteiger partial charge in [-0.3, -0.25) is 9.98 Å². The van der Waals surface area contributed by atoms with Crippen LogP contribution in [0.4, 0.5) is 0 Å². The third-order valence-corrected chi connectivity index (χ3v) is 4.88. The Morgan fingerprint density at radius 2 is 2.12 bits per heavy atom. The molecule has 0 saturated carbocycles. The van der Waals surface area contributed by atoms with Crippen LogP contribution in [0.15, 0.2) is 23.5 Å². The normalized spacial score (nSPS) is 21.0. The number of ether oxygens (including phenoxy) is 1. The summed E-state index contributed by atoms with van der Waals surface area (Å²) in [6.07, 6.45) is 7.38. The minimum absolute atomic E-state index is 0. The lowest BCUT2D eigenvalue weighted by Crippen LogP contribution is -2.47. The molecule has 148 valence electrons. The van der Waals surface area contributed by atoms with Crippen LogP contribution >= 0.6 is 24.0 Å². The van der Waals surface area contributed by atoms with Gasteiger partial charge in [-0.25, -0.2) is 0 Å². The summed E-state index contributed by atoms with van der Waals surface area (Å²) < 4.78 is 6.07. The molecule has 2 rings (SSSR count). The van der Waals surface area contributed by atoms with Gasteiger partial charge in [-0.15, -0.1) is 24.0 Å². The number of hydrogen-bond donors (Lipinski definition) is 2. The number of aliphatic imine (C=N–C) groups is 1. The second-order valence-corrected chi connectivity index (χ2v) is 7.99. The van der Waals surface area contributed by atoms with Crippen LogP contribution < -0.4 is 10.6 Å². The van der Waals surface area contributed by atoms with Crippen molar-refractivity contribution in [2.45, 2.75) is 53.1 Å². The minimum atomic E-state index is 0. The Hall–Kier alpha value is -0.890. The van der Waals surface area contributed by atoms with E-state index in [0.29, 0.717) is 12.0 Å². The third-order valence-electron chi connectivity index (χ3n) is 4.88. The van der Waals surface area contributed by atoms with Crippen molar-refractivity contribution in [3.8, 4) is 0 Å². The topological polar surface area (TPSA) is 58.5 Å². The summed E-state index contributed by atoms with van der Waals surface area (Å²) in [5, 5.41) is 6.90. The van der Waals surface area contributed by atoms with Gasteiger partial charge in [-0.1, -0.05) is 20.8 Å². The van der Waals surface area contributed by atoms with E-state index in [0.717, 1.165) is 38.5 Å². The number of hydrogen-bond acceptors (Lipinski definition) is 3. The maximum atomic E-state index is 6.07. The van der Waals surface area contributed by atoms with Crippen molar-refractivity contribution in [3.05, 3.63) is 29.6 Å².